The number of hydrogen-bond acceptors (Lipinski definition) is 14. The molecule has 3 rings (SSSR count). The second-order valence-electron chi connectivity index (χ2n) is 17.7. The van der Waals surface area contributed by atoms with E-state index in [-0.39, 0.29) is 31.4 Å². The molecule has 23 nitrogen and oxygen atoms in total. The van der Waals surface area contributed by atoms with Crippen molar-refractivity contribution in [1.82, 2.24) is 47.5 Å². The van der Waals surface area contributed by atoms with Gasteiger partial charge >= 0.3 is 11.9 Å². The zero-order valence-electron chi connectivity index (χ0n) is 41.9. The number of aromatic nitrogens is 1. The molecule has 0 fully saturated rings. The maximum Gasteiger partial charge on any atom is 0.326 e. The van der Waals surface area contributed by atoms with Crippen molar-refractivity contribution in [1.29, 1.82) is 0 Å². The second kappa shape index (κ2) is 31.8. The molecule has 1 heterocycles. The lowest BCUT2D eigenvalue weighted by molar-refractivity contribution is -0.142. The molecule has 0 aliphatic carbocycles. The third-order valence-electron chi connectivity index (χ3n) is 12.0. The van der Waals surface area contributed by atoms with Gasteiger partial charge in [-0.25, -0.2) is 4.79 Å². The minimum Gasteiger partial charge on any atom is -0.481 e. The number of rotatable bonds is 33. The van der Waals surface area contributed by atoms with Gasteiger partial charge in [0.25, 0.3) is 0 Å². The number of carboxylic acid groups (broad SMARTS) is 2. The molecule has 3 aromatic rings. The Balaban J connectivity index is 1.67. The maximum atomic E-state index is 14.0. The van der Waals surface area contributed by atoms with Crippen molar-refractivity contribution in [2.75, 3.05) is 30.9 Å². The first kappa shape index (κ1) is 61.6. The van der Waals surface area contributed by atoms with E-state index in [1.165, 1.54) is 18.7 Å². The van der Waals surface area contributed by atoms with Gasteiger partial charge in [0.05, 0.1) is 19.0 Å². The maximum absolute atomic E-state index is 14.0. The molecule has 406 valence electrons. The van der Waals surface area contributed by atoms with Crippen molar-refractivity contribution < 1.29 is 58.2 Å². The zero-order valence-corrected chi connectivity index (χ0v) is 43.7. The van der Waals surface area contributed by atoms with Crippen LogP contribution in [0, 0.1) is 5.92 Å². The molecule has 0 aliphatic heterocycles. The molecular weight excluding hydrogens is 999 g/mol. The Morgan fingerprint density at radius 3 is 1.93 bits per heavy atom. The fourth-order valence-corrected chi connectivity index (χ4v) is 8.23. The van der Waals surface area contributed by atoms with Gasteiger partial charge in [0.2, 0.25) is 47.3 Å². The van der Waals surface area contributed by atoms with Gasteiger partial charge in [-0.1, -0.05) is 68.8 Å². The number of para-hydroxylation sites is 1. The van der Waals surface area contributed by atoms with Crippen molar-refractivity contribution in [2.45, 2.75) is 120 Å². The molecule has 0 saturated heterocycles. The standard InChI is InChI=1S/C49H71N11O12S2/c1-5-27(2)41(60-43(65)32(51)22-30-24-52-33-16-10-9-15-31(30)33)48(70)58-36(21-29-13-7-6-8-14-29)44(66)53-25-39(61)55-37(23-40(62)63)46(68)54-28(3)42(64)56-34(18-20-74-4)45(67)59-38(26-73)47(69)57-35(49(71)72)17-11-12-19-50/h6-10,13-16,24,27-28,32,34-38,41,52,73H,5,11-12,17-23,25-26,50-51H2,1-4H3,(H,53,66)(H,54,68)(H,55,61)(H,56,64)(H,57,69)(H,58,70)(H,59,67)(H,60,65)(H,62,63)(H,71,72)/t27-,28-,32-,34-,35-,36-,37-,38-,41-/m0/s1. The molecular formula is C49H71N11O12S2. The number of nitrogens with one attached hydrogen (secondary N) is 9. The second-order valence-corrected chi connectivity index (χ2v) is 19.1. The molecule has 0 aliphatic rings. The number of H-pyrrole nitrogens is 1. The van der Waals surface area contributed by atoms with Gasteiger partial charge in [-0.2, -0.15) is 24.4 Å². The molecule has 15 N–H and O–H groups in total. The lowest BCUT2D eigenvalue weighted by atomic mass is 9.96. The van der Waals surface area contributed by atoms with Crippen LogP contribution in [0.5, 0.6) is 0 Å². The Labute approximate surface area is 439 Å². The Morgan fingerprint density at radius 1 is 0.676 bits per heavy atom. The number of aliphatic carboxylic acids is 2. The molecule has 0 unspecified atom stereocenters. The van der Waals surface area contributed by atoms with Crippen molar-refractivity contribution in [3.63, 3.8) is 0 Å². The molecule has 8 amide bonds. The summed E-state index contributed by atoms with van der Waals surface area (Å²) >= 11 is 5.49. The molecule has 0 radical (unpaired) electrons. The van der Waals surface area contributed by atoms with Gasteiger partial charge in [-0.15, -0.1) is 0 Å². The van der Waals surface area contributed by atoms with E-state index in [4.69, 9.17) is 11.5 Å². The number of carbonyl (C=O) groups is 10. The molecule has 25 heteroatoms. The van der Waals surface area contributed by atoms with E-state index in [0.717, 1.165) is 16.5 Å². The summed E-state index contributed by atoms with van der Waals surface area (Å²) in [6.07, 6.45) is 4.30. The van der Waals surface area contributed by atoms with Crippen LogP contribution in [0.3, 0.4) is 0 Å². The number of fused-ring (bicyclic) bond motifs is 1. The average molecular weight is 1070 g/mol. The Kier molecular flexibility index (Phi) is 26.5. The summed E-state index contributed by atoms with van der Waals surface area (Å²) in [6, 6.07) is 5.80. The predicted octanol–water partition coefficient (Wildman–Crippen LogP) is -0.773. The highest BCUT2D eigenvalue weighted by Gasteiger charge is 2.34. The summed E-state index contributed by atoms with van der Waals surface area (Å²) in [7, 11) is 0. The number of carbonyl (C=O) groups excluding carboxylic acids is 8. The van der Waals surface area contributed by atoms with E-state index in [9.17, 15) is 58.2 Å². The quantitative estimate of drug-likeness (QED) is 0.0263. The number of hydrogen-bond donors (Lipinski definition) is 14. The highest BCUT2D eigenvalue weighted by Crippen LogP contribution is 2.19. The minimum absolute atomic E-state index is 0.0423. The molecule has 0 spiro atoms. The fourth-order valence-electron chi connectivity index (χ4n) is 7.50. The summed E-state index contributed by atoms with van der Waals surface area (Å²) in [5.74, 6) is -9.76. The van der Waals surface area contributed by atoms with Gasteiger partial charge in [-0.3, -0.25) is 43.2 Å². The number of benzene rings is 2. The number of carboxylic acids is 2. The van der Waals surface area contributed by atoms with Crippen LogP contribution < -0.4 is 54.0 Å². The van der Waals surface area contributed by atoms with Gasteiger partial charge in [0, 0.05) is 29.3 Å². The number of aromatic amines is 1. The molecule has 1 aromatic heterocycles. The smallest absolute Gasteiger partial charge is 0.326 e. The van der Waals surface area contributed by atoms with Crippen molar-refractivity contribution in [3.8, 4) is 0 Å². The topological polar surface area (TPSA) is 375 Å². The van der Waals surface area contributed by atoms with Gasteiger partial charge < -0.3 is 69.2 Å². The van der Waals surface area contributed by atoms with Crippen LogP contribution in [0.15, 0.2) is 60.8 Å². The molecule has 0 saturated carbocycles. The first-order valence-electron chi connectivity index (χ1n) is 24.2. The van der Waals surface area contributed by atoms with Crippen molar-refractivity contribution >= 4 is 94.5 Å². The van der Waals surface area contributed by atoms with Crippen LogP contribution >= 0.6 is 24.4 Å². The van der Waals surface area contributed by atoms with E-state index in [1.807, 2.05) is 31.2 Å². The number of thiol groups is 1. The summed E-state index contributed by atoms with van der Waals surface area (Å²) in [5, 5.41) is 40.0. The SMILES string of the molecule is CC[C@H](C)[C@H](NC(=O)[C@@H](N)Cc1c[nH]c2ccccc12)C(=O)N[C@@H](Cc1ccccc1)C(=O)NCC(=O)N[C@@H](CC(=O)O)C(=O)N[C@@H](C)C(=O)N[C@@H](CCSC)C(=O)N[C@@H](CS)C(=O)N[C@@H](CCCCN)C(=O)O. The van der Waals surface area contributed by atoms with E-state index in [1.54, 1.807) is 49.7 Å². The Hall–Kier alpha value is -6.70. The average Bonchev–Trinajstić information content (AvgIpc) is 3.78. The summed E-state index contributed by atoms with van der Waals surface area (Å²) in [5.41, 5.74) is 14.2. The predicted molar refractivity (Wildman–Crippen MR) is 281 cm³/mol. The highest BCUT2D eigenvalue weighted by atomic mass is 32.2. The van der Waals surface area contributed by atoms with E-state index in [0.29, 0.717) is 37.1 Å². The van der Waals surface area contributed by atoms with Crippen LogP contribution in [0.2, 0.25) is 0 Å². The van der Waals surface area contributed by atoms with Gasteiger partial charge in [0.15, 0.2) is 0 Å². The summed E-state index contributed by atoms with van der Waals surface area (Å²) in [4.78, 5) is 135. The van der Waals surface area contributed by atoms with Crippen molar-refractivity contribution in [2.24, 2.45) is 17.4 Å². The van der Waals surface area contributed by atoms with Crippen molar-refractivity contribution in [3.05, 3.63) is 71.9 Å². The van der Waals surface area contributed by atoms with E-state index in [2.05, 4.69) is 60.1 Å². The minimum atomic E-state index is -1.76. The number of amides is 8. The first-order chi connectivity index (χ1) is 35.2. The van der Waals surface area contributed by atoms with Crippen LogP contribution in [-0.2, 0) is 60.8 Å². The normalized spacial score (nSPS) is 14.7. The van der Waals surface area contributed by atoms with Crippen LogP contribution in [0.4, 0.5) is 0 Å². The molecule has 2 aromatic carbocycles. The first-order valence-corrected chi connectivity index (χ1v) is 26.2. The zero-order chi connectivity index (χ0) is 54.9. The Bertz CT molecular complexity index is 2390. The number of nitrogens with two attached hydrogens (primary N) is 2. The largest absolute Gasteiger partial charge is 0.481 e. The van der Waals surface area contributed by atoms with Crippen LogP contribution in [0.25, 0.3) is 10.9 Å². The third kappa shape index (κ3) is 20.3. The van der Waals surface area contributed by atoms with E-state index >= 15 is 0 Å². The molecule has 0 bridgehead atoms. The van der Waals surface area contributed by atoms with Gasteiger partial charge in [-0.05, 0) is 80.7 Å². The monoisotopic (exact) mass is 1070 g/mol. The molecule has 9 atom stereocenters. The lowest BCUT2D eigenvalue weighted by Gasteiger charge is -2.27. The third-order valence-corrected chi connectivity index (χ3v) is 13.0. The lowest BCUT2D eigenvalue weighted by Crippen LogP contribution is -2.59. The molecule has 74 heavy (non-hydrogen) atoms. The number of thioether (sulfide) groups is 1. The van der Waals surface area contributed by atoms with Gasteiger partial charge in [0.1, 0.15) is 42.3 Å². The fraction of sp³-hybridized carbons (Fsp3) is 0.510. The highest BCUT2D eigenvalue weighted by molar-refractivity contribution is 7.98. The Morgan fingerprint density at radius 2 is 1.30 bits per heavy atom. The summed E-state index contributed by atoms with van der Waals surface area (Å²) < 4.78 is 0. The van der Waals surface area contributed by atoms with Crippen LogP contribution in [-0.4, -0.2) is 154 Å². The summed E-state index contributed by atoms with van der Waals surface area (Å²) in [6.45, 7) is 4.38. The van der Waals surface area contributed by atoms with Crippen LogP contribution in [0.1, 0.15) is 70.4 Å². The number of unbranched alkanes of at least 4 members (excludes halogenated alkanes) is 1. The van der Waals surface area contributed by atoms with E-state index < -0.39 is 126 Å².